The van der Waals surface area contributed by atoms with Gasteiger partial charge in [0.2, 0.25) is 5.91 Å². The van der Waals surface area contributed by atoms with Crippen LogP contribution in [0.25, 0.3) is 0 Å². The van der Waals surface area contributed by atoms with Crippen LogP contribution in [0.2, 0.25) is 0 Å². The highest BCUT2D eigenvalue weighted by Crippen LogP contribution is 2.47. The molecule has 0 bridgehead atoms. The fourth-order valence-corrected chi connectivity index (χ4v) is 3.32. The maximum absolute atomic E-state index is 13.0. The summed E-state index contributed by atoms with van der Waals surface area (Å²) in [5, 5.41) is 3.08. The lowest BCUT2D eigenvalue weighted by atomic mass is 10.1. The van der Waals surface area contributed by atoms with E-state index in [-0.39, 0.29) is 29.6 Å². The van der Waals surface area contributed by atoms with Crippen LogP contribution in [-0.2, 0) is 4.79 Å². The predicted molar refractivity (Wildman–Crippen MR) is 99.7 cm³/mol. The number of carbonyl (C=O) groups excluding carboxylic acids is 1. The quantitative estimate of drug-likeness (QED) is 0.827. The van der Waals surface area contributed by atoms with Crippen molar-refractivity contribution in [2.75, 3.05) is 27.7 Å². The lowest BCUT2D eigenvalue weighted by Gasteiger charge is -2.25. The van der Waals surface area contributed by atoms with Gasteiger partial charge in [-0.15, -0.1) is 0 Å². The van der Waals surface area contributed by atoms with Gasteiger partial charge in [0.15, 0.2) is 0 Å². The molecular weight excluding hydrogens is 331 g/mol. The number of nitrogens with one attached hydrogen (secondary N) is 1. The minimum Gasteiger partial charge on any atom is -0.497 e. The molecule has 0 aliphatic heterocycles. The van der Waals surface area contributed by atoms with E-state index in [9.17, 15) is 9.18 Å². The minimum atomic E-state index is -0.247. The number of hydrogen-bond donors (Lipinski definition) is 1. The van der Waals surface area contributed by atoms with Crippen LogP contribution in [-0.4, -0.2) is 38.6 Å². The van der Waals surface area contributed by atoms with Crippen LogP contribution in [0, 0.1) is 11.7 Å². The number of methoxy groups -OCH3 is 1. The average Bonchev–Trinajstić information content (AvgIpc) is 3.43. The van der Waals surface area contributed by atoms with E-state index in [1.165, 1.54) is 12.1 Å². The molecule has 0 radical (unpaired) electrons. The molecule has 1 aliphatic carbocycles. The number of benzene rings is 2. The minimum absolute atomic E-state index is 0.0147. The lowest BCUT2D eigenvalue weighted by Crippen LogP contribution is -2.35. The number of likely N-dealkylation sites (N-methyl/N-ethyl adjacent to an activating group) is 1. The van der Waals surface area contributed by atoms with Crippen molar-refractivity contribution in [2.24, 2.45) is 5.92 Å². The van der Waals surface area contributed by atoms with E-state index in [2.05, 4.69) is 10.2 Å². The molecule has 0 saturated heterocycles. The Labute approximate surface area is 154 Å². The van der Waals surface area contributed by atoms with E-state index < -0.39 is 0 Å². The van der Waals surface area contributed by atoms with Crippen LogP contribution < -0.4 is 10.1 Å². The fraction of sp³-hybridized carbons (Fsp3) is 0.381. The zero-order chi connectivity index (χ0) is 18.7. The van der Waals surface area contributed by atoms with Crippen LogP contribution in [0.15, 0.2) is 48.5 Å². The summed E-state index contributed by atoms with van der Waals surface area (Å²) in [6.45, 7) is 0.546. The lowest BCUT2D eigenvalue weighted by molar-refractivity contribution is -0.122. The number of halogens is 1. The fourth-order valence-electron chi connectivity index (χ4n) is 3.32. The first-order valence-corrected chi connectivity index (χ1v) is 8.83. The summed E-state index contributed by atoms with van der Waals surface area (Å²) < 4.78 is 18.2. The second kappa shape index (κ2) is 7.87. The van der Waals surface area contributed by atoms with Gasteiger partial charge in [0, 0.05) is 12.5 Å². The van der Waals surface area contributed by atoms with Gasteiger partial charge in [0.1, 0.15) is 11.6 Å². The van der Waals surface area contributed by atoms with Gasteiger partial charge in [-0.1, -0.05) is 24.3 Å². The summed E-state index contributed by atoms with van der Waals surface area (Å²) in [6.07, 6.45) is 0.826. The first-order chi connectivity index (χ1) is 12.5. The van der Waals surface area contributed by atoms with Crippen molar-refractivity contribution in [3.63, 3.8) is 0 Å². The molecule has 3 atom stereocenters. The largest absolute Gasteiger partial charge is 0.497 e. The van der Waals surface area contributed by atoms with Gasteiger partial charge in [-0.05, 0) is 61.8 Å². The van der Waals surface area contributed by atoms with Crippen molar-refractivity contribution in [3.05, 3.63) is 65.5 Å². The molecule has 0 heterocycles. The van der Waals surface area contributed by atoms with Gasteiger partial charge in [-0.2, -0.15) is 0 Å². The summed E-state index contributed by atoms with van der Waals surface area (Å²) in [6, 6.07) is 14.4. The molecule has 138 valence electrons. The van der Waals surface area contributed by atoms with Crippen molar-refractivity contribution in [1.29, 1.82) is 0 Å². The van der Waals surface area contributed by atoms with E-state index in [4.69, 9.17) is 4.74 Å². The molecule has 1 N–H and O–H groups in total. The van der Waals surface area contributed by atoms with Gasteiger partial charge in [-0.3, -0.25) is 4.79 Å². The third-order valence-corrected chi connectivity index (χ3v) is 5.02. The normalized spacial score (nSPS) is 19.9. The Morgan fingerprint density at radius 1 is 1.19 bits per heavy atom. The molecule has 4 nitrogen and oxygen atoms in total. The summed E-state index contributed by atoms with van der Waals surface area (Å²) in [5.74, 6) is 0.826. The van der Waals surface area contributed by atoms with Crippen molar-refractivity contribution in [3.8, 4) is 5.75 Å². The highest BCUT2D eigenvalue weighted by molar-refractivity contribution is 5.82. The molecule has 1 aliphatic rings. The van der Waals surface area contributed by atoms with Crippen LogP contribution >= 0.6 is 0 Å². The highest BCUT2D eigenvalue weighted by atomic mass is 19.1. The molecule has 0 spiro atoms. The SMILES string of the molecule is COc1ccc(C(CNC(=O)C2CC2c2ccc(F)cc2)N(C)C)cc1. The Bertz CT molecular complexity index is 744. The van der Waals surface area contributed by atoms with E-state index >= 15 is 0 Å². The number of ether oxygens (including phenoxy) is 1. The molecule has 1 fully saturated rings. The van der Waals surface area contributed by atoms with Gasteiger partial charge >= 0.3 is 0 Å². The van der Waals surface area contributed by atoms with E-state index in [1.807, 2.05) is 38.4 Å². The summed E-state index contributed by atoms with van der Waals surface area (Å²) >= 11 is 0. The Kier molecular flexibility index (Phi) is 5.57. The Balaban J connectivity index is 1.57. The monoisotopic (exact) mass is 356 g/mol. The zero-order valence-electron chi connectivity index (χ0n) is 15.4. The molecule has 26 heavy (non-hydrogen) atoms. The third kappa shape index (κ3) is 4.22. The number of rotatable bonds is 7. The second-order valence-electron chi connectivity index (χ2n) is 7.00. The summed E-state index contributed by atoms with van der Waals surface area (Å²) in [4.78, 5) is 14.6. The predicted octanol–water partition coefficient (Wildman–Crippen LogP) is 3.36. The van der Waals surface area contributed by atoms with Gasteiger partial charge in [0.25, 0.3) is 0 Å². The van der Waals surface area contributed by atoms with Gasteiger partial charge in [-0.25, -0.2) is 4.39 Å². The maximum atomic E-state index is 13.0. The van der Waals surface area contributed by atoms with E-state index in [1.54, 1.807) is 19.2 Å². The van der Waals surface area contributed by atoms with Crippen molar-refractivity contribution < 1.29 is 13.9 Å². The first kappa shape index (κ1) is 18.4. The number of nitrogens with zero attached hydrogens (tertiary/aromatic N) is 1. The summed E-state index contributed by atoms with van der Waals surface area (Å²) in [5.41, 5.74) is 2.16. The van der Waals surface area contributed by atoms with Crippen molar-refractivity contribution in [1.82, 2.24) is 10.2 Å². The Morgan fingerprint density at radius 3 is 2.42 bits per heavy atom. The second-order valence-corrected chi connectivity index (χ2v) is 7.00. The van der Waals surface area contributed by atoms with E-state index in [0.29, 0.717) is 6.54 Å². The number of amides is 1. The molecule has 5 heteroatoms. The van der Waals surface area contributed by atoms with Crippen LogP contribution in [0.1, 0.15) is 29.5 Å². The highest BCUT2D eigenvalue weighted by Gasteiger charge is 2.43. The molecule has 0 aromatic heterocycles. The molecule has 3 unspecified atom stereocenters. The molecule has 1 amide bonds. The Morgan fingerprint density at radius 2 is 1.85 bits per heavy atom. The van der Waals surface area contributed by atoms with Crippen LogP contribution in [0.3, 0.4) is 0 Å². The van der Waals surface area contributed by atoms with Crippen LogP contribution in [0.5, 0.6) is 5.75 Å². The standard InChI is InChI=1S/C21H25FN2O2/c1-24(2)20(15-6-10-17(26-3)11-7-15)13-23-21(25)19-12-18(19)14-4-8-16(22)9-5-14/h4-11,18-20H,12-13H2,1-3H3,(H,23,25). The number of hydrogen-bond acceptors (Lipinski definition) is 3. The topological polar surface area (TPSA) is 41.6 Å². The Hall–Kier alpha value is -2.40. The van der Waals surface area contributed by atoms with Gasteiger partial charge < -0.3 is 15.0 Å². The maximum Gasteiger partial charge on any atom is 0.223 e. The first-order valence-electron chi connectivity index (χ1n) is 8.83. The summed E-state index contributed by atoms with van der Waals surface area (Å²) in [7, 11) is 5.64. The van der Waals surface area contributed by atoms with Gasteiger partial charge in [0.05, 0.1) is 13.2 Å². The molecule has 2 aromatic carbocycles. The zero-order valence-corrected chi connectivity index (χ0v) is 15.4. The van der Waals surface area contributed by atoms with Crippen molar-refractivity contribution in [2.45, 2.75) is 18.4 Å². The number of carbonyl (C=O) groups is 1. The van der Waals surface area contributed by atoms with Crippen LogP contribution in [0.4, 0.5) is 4.39 Å². The molecule has 1 saturated carbocycles. The van der Waals surface area contributed by atoms with Crippen molar-refractivity contribution >= 4 is 5.91 Å². The molecular formula is C21H25FN2O2. The third-order valence-electron chi connectivity index (χ3n) is 5.02. The smallest absolute Gasteiger partial charge is 0.223 e. The molecule has 2 aromatic rings. The average molecular weight is 356 g/mol. The van der Waals surface area contributed by atoms with E-state index in [0.717, 1.165) is 23.3 Å². The molecule has 3 rings (SSSR count).